The van der Waals surface area contributed by atoms with E-state index in [2.05, 4.69) is 89.5 Å². The molecule has 9 rings (SSSR count). The van der Waals surface area contributed by atoms with Crippen LogP contribution in [0.4, 0.5) is 0 Å². The number of hydrogen-bond donors (Lipinski definition) is 0. The van der Waals surface area contributed by atoms with Gasteiger partial charge in [-0.25, -0.2) is 4.98 Å². The van der Waals surface area contributed by atoms with Gasteiger partial charge in [0.05, 0.1) is 33.1 Å². The summed E-state index contributed by atoms with van der Waals surface area (Å²) in [5, 5.41) is 2.41. The highest BCUT2D eigenvalue weighted by Gasteiger charge is 2.18. The van der Waals surface area contributed by atoms with Crippen LogP contribution >= 0.6 is 0 Å². The number of rotatable bonds is 3. The topological polar surface area (TPSA) is 44.2 Å². The smallest absolute Gasteiger partial charge is 0.299 e. The quantitative estimate of drug-likeness (QED) is 0.220. The maximum absolute atomic E-state index is 13.9. The third-order valence-corrected chi connectivity index (χ3v) is 8.45. The van der Waals surface area contributed by atoms with Crippen molar-refractivity contribution >= 4 is 49.5 Å². The van der Waals surface area contributed by atoms with Gasteiger partial charge in [-0.3, -0.25) is 13.8 Å². The Morgan fingerprint density at radius 1 is 0.442 bits per heavy atom. The molecular formula is C38H24N4O. The Morgan fingerprint density at radius 2 is 1.00 bits per heavy atom. The van der Waals surface area contributed by atoms with Crippen LogP contribution in [0.3, 0.4) is 0 Å². The average molecular weight is 553 g/mol. The van der Waals surface area contributed by atoms with Crippen LogP contribution < -0.4 is 5.56 Å². The first-order chi connectivity index (χ1) is 21.3. The van der Waals surface area contributed by atoms with Gasteiger partial charge in [-0.15, -0.1) is 0 Å². The monoisotopic (exact) mass is 552 g/mol. The van der Waals surface area contributed by atoms with Crippen molar-refractivity contribution in [1.29, 1.82) is 0 Å². The number of fused-ring (bicyclic) bond motifs is 8. The van der Waals surface area contributed by atoms with Crippen LogP contribution in [0.2, 0.25) is 0 Å². The van der Waals surface area contributed by atoms with E-state index in [0.29, 0.717) is 5.65 Å². The Kier molecular flexibility index (Phi) is 4.98. The summed E-state index contributed by atoms with van der Waals surface area (Å²) < 4.78 is 6.07. The molecule has 0 saturated heterocycles. The fourth-order valence-corrected chi connectivity index (χ4v) is 6.54. The zero-order valence-corrected chi connectivity index (χ0v) is 23.1. The Labute approximate surface area is 246 Å². The second-order valence-corrected chi connectivity index (χ2v) is 10.9. The number of imidazole rings is 1. The molecule has 0 fully saturated rings. The highest BCUT2D eigenvalue weighted by atomic mass is 16.1. The molecule has 0 unspecified atom stereocenters. The van der Waals surface area contributed by atoms with Crippen LogP contribution in [-0.2, 0) is 0 Å². The minimum Gasteiger partial charge on any atom is -0.309 e. The Bertz CT molecular complexity index is 2570. The predicted molar refractivity (Wildman–Crippen MR) is 176 cm³/mol. The van der Waals surface area contributed by atoms with E-state index in [1.54, 1.807) is 4.57 Å². The van der Waals surface area contributed by atoms with Crippen LogP contribution in [0.25, 0.3) is 72.0 Å². The van der Waals surface area contributed by atoms with Crippen molar-refractivity contribution < 1.29 is 0 Å². The lowest BCUT2D eigenvalue weighted by Crippen LogP contribution is -2.21. The first-order valence-electron chi connectivity index (χ1n) is 14.4. The molecule has 0 aliphatic heterocycles. The van der Waals surface area contributed by atoms with Gasteiger partial charge in [0, 0.05) is 22.1 Å². The second-order valence-electron chi connectivity index (χ2n) is 10.9. The van der Waals surface area contributed by atoms with Crippen LogP contribution in [0.1, 0.15) is 0 Å². The van der Waals surface area contributed by atoms with Gasteiger partial charge in [-0.2, -0.15) is 0 Å². The van der Waals surface area contributed by atoms with Crippen molar-refractivity contribution in [2.45, 2.75) is 0 Å². The van der Waals surface area contributed by atoms with Gasteiger partial charge in [-0.1, -0.05) is 78.9 Å². The summed E-state index contributed by atoms with van der Waals surface area (Å²) in [7, 11) is 0. The van der Waals surface area contributed by atoms with Gasteiger partial charge >= 0.3 is 0 Å². The minimum atomic E-state index is -0.141. The maximum atomic E-state index is 13.9. The van der Waals surface area contributed by atoms with Crippen LogP contribution in [0, 0.1) is 0 Å². The number of hydrogen-bond acceptors (Lipinski definition) is 2. The molecule has 0 amide bonds. The number of aromatic nitrogens is 4. The van der Waals surface area contributed by atoms with Crippen LogP contribution in [0.15, 0.2) is 150 Å². The van der Waals surface area contributed by atoms with E-state index in [4.69, 9.17) is 4.98 Å². The zero-order valence-electron chi connectivity index (χ0n) is 23.1. The van der Waals surface area contributed by atoms with Gasteiger partial charge in [0.25, 0.3) is 5.56 Å². The van der Waals surface area contributed by atoms with Crippen molar-refractivity contribution in [3.8, 4) is 22.5 Å². The van der Waals surface area contributed by atoms with E-state index < -0.39 is 0 Å². The zero-order chi connectivity index (χ0) is 28.5. The van der Waals surface area contributed by atoms with Crippen molar-refractivity contribution in [3.05, 3.63) is 156 Å². The van der Waals surface area contributed by atoms with E-state index in [0.717, 1.165) is 50.1 Å². The first kappa shape index (κ1) is 23.7. The van der Waals surface area contributed by atoms with Crippen molar-refractivity contribution in [1.82, 2.24) is 18.5 Å². The van der Waals surface area contributed by atoms with Crippen LogP contribution in [-0.4, -0.2) is 18.5 Å². The summed E-state index contributed by atoms with van der Waals surface area (Å²) in [5.74, 6) is 0. The molecule has 3 heterocycles. The maximum Gasteiger partial charge on any atom is 0.299 e. The molecule has 5 heteroatoms. The molecule has 0 aliphatic carbocycles. The predicted octanol–water partition coefficient (Wildman–Crippen LogP) is 8.56. The number of para-hydroxylation sites is 5. The van der Waals surface area contributed by atoms with E-state index in [1.165, 1.54) is 16.3 Å². The van der Waals surface area contributed by atoms with E-state index >= 15 is 0 Å². The Hall–Kier alpha value is -5.94. The fourth-order valence-electron chi connectivity index (χ4n) is 6.54. The molecule has 6 aromatic carbocycles. The molecule has 0 saturated carbocycles. The third kappa shape index (κ3) is 3.45. The van der Waals surface area contributed by atoms with Crippen molar-refractivity contribution in [2.24, 2.45) is 0 Å². The minimum absolute atomic E-state index is 0.141. The highest BCUT2D eigenvalue weighted by molar-refractivity contribution is 6.10. The molecule has 43 heavy (non-hydrogen) atoms. The van der Waals surface area contributed by atoms with Crippen molar-refractivity contribution in [3.63, 3.8) is 0 Å². The normalized spacial score (nSPS) is 11.8. The molecule has 0 spiro atoms. The summed E-state index contributed by atoms with van der Waals surface area (Å²) in [6.45, 7) is 0. The molecule has 0 bridgehead atoms. The summed E-state index contributed by atoms with van der Waals surface area (Å²) in [5.41, 5.74) is 10.2. The molecule has 0 radical (unpaired) electrons. The van der Waals surface area contributed by atoms with Gasteiger partial charge in [-0.05, 0) is 77.9 Å². The van der Waals surface area contributed by atoms with Crippen LogP contribution in [0.5, 0.6) is 0 Å². The Balaban J connectivity index is 1.27. The highest BCUT2D eigenvalue weighted by Crippen LogP contribution is 2.35. The average Bonchev–Trinajstić information content (AvgIpc) is 3.62. The van der Waals surface area contributed by atoms with Gasteiger partial charge in [0.2, 0.25) is 5.65 Å². The first-order valence-corrected chi connectivity index (χ1v) is 14.4. The van der Waals surface area contributed by atoms with E-state index in [1.807, 2.05) is 65.1 Å². The van der Waals surface area contributed by atoms with E-state index in [9.17, 15) is 4.79 Å². The summed E-state index contributed by atoms with van der Waals surface area (Å²) in [4.78, 5) is 18.9. The molecule has 3 aromatic heterocycles. The lowest BCUT2D eigenvalue weighted by Gasteiger charge is -2.12. The molecule has 5 nitrogen and oxygen atoms in total. The molecule has 9 aromatic rings. The standard InChI is InChI=1S/C38H24N4O/c43-38-37-39-31-24-26(20-22-34(31)42(37)36-18-10-9-17-35(36)41(38)28-13-5-2-6-14-28)25-19-21-33-30(23-25)29-15-7-8-16-32(29)40(33)27-11-3-1-4-12-27/h1-24H. The Morgan fingerprint density at radius 3 is 1.74 bits per heavy atom. The lowest BCUT2D eigenvalue weighted by molar-refractivity contribution is 1.02. The lowest BCUT2D eigenvalue weighted by atomic mass is 10.0. The fraction of sp³-hybridized carbons (Fsp3) is 0. The number of nitrogens with zero attached hydrogens (tertiary/aromatic N) is 4. The van der Waals surface area contributed by atoms with Gasteiger partial charge in [0.1, 0.15) is 0 Å². The number of benzene rings is 6. The largest absolute Gasteiger partial charge is 0.309 e. The van der Waals surface area contributed by atoms with Gasteiger partial charge < -0.3 is 4.57 Å². The molecular weight excluding hydrogens is 528 g/mol. The molecule has 202 valence electrons. The van der Waals surface area contributed by atoms with E-state index in [-0.39, 0.29) is 5.56 Å². The third-order valence-electron chi connectivity index (χ3n) is 8.45. The molecule has 0 N–H and O–H groups in total. The van der Waals surface area contributed by atoms with Gasteiger partial charge in [0.15, 0.2) is 0 Å². The summed E-state index contributed by atoms with van der Waals surface area (Å²) >= 11 is 0. The van der Waals surface area contributed by atoms with Crippen molar-refractivity contribution in [2.75, 3.05) is 0 Å². The molecule has 0 aliphatic rings. The summed E-state index contributed by atoms with van der Waals surface area (Å²) in [6, 6.07) is 49.8. The molecule has 0 atom stereocenters. The second kappa shape index (κ2) is 9.03. The summed E-state index contributed by atoms with van der Waals surface area (Å²) in [6.07, 6.45) is 0. The SMILES string of the molecule is O=c1c2nc3cc(-c4ccc5c(c4)c4ccccc4n5-c4ccccc4)ccc3n2c2ccccc2n1-c1ccccc1.